The van der Waals surface area contributed by atoms with Crippen LogP contribution >= 0.6 is 11.8 Å². The maximum Gasteiger partial charge on any atom is 0.243 e. The fraction of sp³-hybridized carbons (Fsp3) is 0.611. The van der Waals surface area contributed by atoms with Gasteiger partial charge in [0.25, 0.3) is 0 Å². The Bertz CT molecular complexity index is 923. The van der Waals surface area contributed by atoms with Crippen LogP contribution in [0.1, 0.15) is 19.8 Å². The summed E-state index contributed by atoms with van der Waals surface area (Å²) in [6.07, 6.45) is 2.65. The molecule has 12 heteroatoms. The Morgan fingerprint density at radius 1 is 1.13 bits per heavy atom. The van der Waals surface area contributed by atoms with E-state index in [0.717, 1.165) is 12.1 Å². The van der Waals surface area contributed by atoms with Gasteiger partial charge >= 0.3 is 0 Å². The van der Waals surface area contributed by atoms with Gasteiger partial charge in [-0.3, -0.25) is 4.79 Å². The van der Waals surface area contributed by atoms with E-state index in [1.807, 2.05) is 6.26 Å². The Kier molecular flexibility index (Phi) is 9.10. The van der Waals surface area contributed by atoms with Crippen molar-refractivity contribution in [2.24, 2.45) is 0 Å². The number of rotatable bonds is 9. The number of benzene rings is 1. The van der Waals surface area contributed by atoms with Crippen molar-refractivity contribution < 1.29 is 26.0 Å². The van der Waals surface area contributed by atoms with Gasteiger partial charge in [-0.1, -0.05) is 0 Å². The van der Waals surface area contributed by atoms with Crippen LogP contribution in [0.25, 0.3) is 0 Å². The number of nitrogens with one attached hydrogen (secondary N) is 1. The summed E-state index contributed by atoms with van der Waals surface area (Å²) >= 11 is 1.51. The first-order valence-electron chi connectivity index (χ1n) is 9.64. The average Bonchev–Trinajstić information content (AvgIpc) is 2.97. The van der Waals surface area contributed by atoms with Gasteiger partial charge in [-0.05, 0) is 56.0 Å². The second-order valence-electron chi connectivity index (χ2n) is 6.89. The van der Waals surface area contributed by atoms with Gasteiger partial charge in [0, 0.05) is 26.2 Å². The van der Waals surface area contributed by atoms with Crippen LogP contribution in [0.2, 0.25) is 0 Å². The van der Waals surface area contributed by atoms with Crippen molar-refractivity contribution in [1.29, 1.82) is 0 Å². The van der Waals surface area contributed by atoms with Crippen LogP contribution in [0.3, 0.4) is 0 Å². The number of hydrogen-bond acceptors (Lipinski definition) is 6. The van der Waals surface area contributed by atoms with Crippen LogP contribution in [0.5, 0.6) is 0 Å². The van der Waals surface area contributed by atoms with Crippen molar-refractivity contribution in [3.63, 3.8) is 0 Å². The van der Waals surface area contributed by atoms with E-state index in [1.165, 1.54) is 40.0 Å². The van der Waals surface area contributed by atoms with Gasteiger partial charge in [-0.15, -0.1) is 0 Å². The minimum Gasteiger partial charge on any atom is -0.340 e. The summed E-state index contributed by atoms with van der Waals surface area (Å²) in [5.74, 6) is -0.379. The largest absolute Gasteiger partial charge is 0.340 e. The second kappa shape index (κ2) is 10.9. The molecule has 1 aliphatic rings. The highest BCUT2D eigenvalue weighted by Gasteiger charge is 2.32. The third-order valence-electron chi connectivity index (χ3n) is 4.83. The fourth-order valence-corrected chi connectivity index (χ4v) is 5.86. The van der Waals surface area contributed by atoms with Crippen LogP contribution in [0, 0.1) is 5.82 Å². The van der Waals surface area contributed by atoms with E-state index in [-0.39, 0.29) is 36.2 Å². The number of thioether (sulfide) groups is 1. The summed E-state index contributed by atoms with van der Waals surface area (Å²) < 4.78 is 66.5. The molecule has 0 aliphatic carbocycles. The van der Waals surface area contributed by atoms with Crippen molar-refractivity contribution in [2.75, 3.05) is 43.9 Å². The lowest BCUT2D eigenvalue weighted by Crippen LogP contribution is -2.50. The number of nitrogens with zero attached hydrogens (tertiary/aromatic N) is 2. The molecule has 30 heavy (non-hydrogen) atoms. The predicted octanol–water partition coefficient (Wildman–Crippen LogP) is 1.11. The van der Waals surface area contributed by atoms with E-state index < -0.39 is 31.9 Å². The molecule has 0 spiro atoms. The monoisotopic (exact) mass is 481 g/mol. The molecule has 170 valence electrons. The lowest BCUT2D eigenvalue weighted by atomic mass is 10.2. The van der Waals surface area contributed by atoms with E-state index in [2.05, 4.69) is 4.72 Å². The molecule has 1 heterocycles. The lowest BCUT2D eigenvalue weighted by Gasteiger charge is -2.26. The first-order chi connectivity index (χ1) is 14.1. The Morgan fingerprint density at radius 2 is 1.80 bits per heavy atom. The molecule has 1 aliphatic heterocycles. The summed E-state index contributed by atoms with van der Waals surface area (Å²) in [4.78, 5) is 14.5. The van der Waals surface area contributed by atoms with Gasteiger partial charge in [0.2, 0.25) is 26.0 Å². The van der Waals surface area contributed by atoms with Crippen molar-refractivity contribution in [2.45, 2.75) is 30.7 Å². The van der Waals surface area contributed by atoms with E-state index in [0.29, 0.717) is 25.1 Å². The summed E-state index contributed by atoms with van der Waals surface area (Å²) in [5, 5.41) is 0. The quantitative estimate of drug-likeness (QED) is 0.567. The number of hydrogen-bond donors (Lipinski definition) is 1. The first-order valence-corrected chi connectivity index (χ1v) is 14.1. The van der Waals surface area contributed by atoms with Crippen LogP contribution in [-0.4, -0.2) is 81.9 Å². The molecule has 0 aromatic heterocycles. The highest BCUT2D eigenvalue weighted by Crippen LogP contribution is 2.19. The standard InChI is InChI=1S/C18H28FN3O5S3/c1-3-29(24,25)20-17(9-14-28-2)18(23)21-10-4-11-22(13-12-21)30(26,27)16-7-5-15(19)6-8-16/h5-8,17,20H,3-4,9-14H2,1-2H3. The molecular formula is C18H28FN3O5S3. The van der Waals surface area contributed by atoms with Crippen molar-refractivity contribution in [1.82, 2.24) is 13.9 Å². The highest BCUT2D eigenvalue weighted by molar-refractivity contribution is 7.98. The molecule has 1 unspecified atom stereocenters. The molecule has 1 saturated heterocycles. The zero-order chi connectivity index (χ0) is 22.4. The zero-order valence-corrected chi connectivity index (χ0v) is 19.5. The fourth-order valence-electron chi connectivity index (χ4n) is 3.10. The van der Waals surface area contributed by atoms with Crippen molar-refractivity contribution in [3.05, 3.63) is 30.1 Å². The SMILES string of the molecule is CCS(=O)(=O)NC(CCSC)C(=O)N1CCCN(S(=O)(=O)c2ccc(F)cc2)CC1. The highest BCUT2D eigenvalue weighted by atomic mass is 32.2. The molecule has 1 amide bonds. The van der Waals surface area contributed by atoms with Crippen LogP contribution < -0.4 is 4.72 Å². The summed E-state index contributed by atoms with van der Waals surface area (Å²) in [7, 11) is -7.36. The van der Waals surface area contributed by atoms with Crippen LogP contribution in [0.15, 0.2) is 29.2 Å². The Hall–Kier alpha value is -1.21. The van der Waals surface area contributed by atoms with E-state index in [4.69, 9.17) is 0 Å². The molecule has 1 aromatic rings. The summed E-state index contributed by atoms with van der Waals surface area (Å²) in [6, 6.07) is 3.75. The normalized spacial score (nSPS) is 17.5. The molecule has 1 fully saturated rings. The minimum absolute atomic E-state index is 0.00257. The van der Waals surface area contributed by atoms with E-state index in [9.17, 15) is 26.0 Å². The molecule has 0 bridgehead atoms. The van der Waals surface area contributed by atoms with Crippen LogP contribution in [-0.2, 0) is 24.8 Å². The van der Waals surface area contributed by atoms with Gasteiger partial charge in [-0.2, -0.15) is 16.1 Å². The molecule has 1 atom stereocenters. The number of amides is 1. The molecule has 0 saturated carbocycles. The average molecular weight is 482 g/mol. The predicted molar refractivity (Wildman–Crippen MR) is 116 cm³/mol. The van der Waals surface area contributed by atoms with Crippen LogP contribution in [0.4, 0.5) is 4.39 Å². The molecule has 1 N–H and O–H groups in total. The van der Waals surface area contributed by atoms with Gasteiger partial charge < -0.3 is 4.90 Å². The Balaban J connectivity index is 2.11. The van der Waals surface area contributed by atoms with Crippen molar-refractivity contribution >= 4 is 37.7 Å². The summed E-state index contributed by atoms with van der Waals surface area (Å²) in [5.41, 5.74) is 0. The van der Waals surface area contributed by atoms with Gasteiger partial charge in [0.1, 0.15) is 11.9 Å². The zero-order valence-electron chi connectivity index (χ0n) is 17.1. The topological polar surface area (TPSA) is 104 Å². The number of halogens is 1. The third-order valence-corrected chi connectivity index (χ3v) is 8.79. The van der Waals surface area contributed by atoms with Crippen molar-refractivity contribution in [3.8, 4) is 0 Å². The van der Waals surface area contributed by atoms with E-state index in [1.54, 1.807) is 0 Å². The molecule has 2 rings (SSSR count). The van der Waals surface area contributed by atoms with E-state index >= 15 is 0 Å². The Morgan fingerprint density at radius 3 is 2.40 bits per heavy atom. The number of carbonyl (C=O) groups is 1. The lowest BCUT2D eigenvalue weighted by molar-refractivity contribution is -0.132. The molecule has 0 radical (unpaired) electrons. The smallest absolute Gasteiger partial charge is 0.243 e. The molecular weight excluding hydrogens is 453 g/mol. The van der Waals surface area contributed by atoms with Gasteiger partial charge in [-0.25, -0.2) is 25.9 Å². The third kappa shape index (κ3) is 6.64. The molecule has 8 nitrogen and oxygen atoms in total. The van der Waals surface area contributed by atoms with Gasteiger partial charge in [0.05, 0.1) is 10.6 Å². The van der Waals surface area contributed by atoms with Gasteiger partial charge in [0.15, 0.2) is 0 Å². The number of sulfonamides is 2. The second-order valence-corrected chi connectivity index (χ2v) is 11.9. The first kappa shape index (κ1) is 25.1. The Labute approximate surface area is 182 Å². The molecule has 1 aromatic carbocycles. The summed E-state index contributed by atoms with van der Waals surface area (Å²) in [6.45, 7) is 2.30. The number of carbonyl (C=O) groups excluding carboxylic acids is 1. The maximum absolute atomic E-state index is 13.1. The minimum atomic E-state index is -3.80. The maximum atomic E-state index is 13.1.